The summed E-state index contributed by atoms with van der Waals surface area (Å²) in [5.74, 6) is -0.239. The van der Waals surface area contributed by atoms with Gasteiger partial charge in [-0.05, 0) is 61.6 Å². The lowest BCUT2D eigenvalue weighted by molar-refractivity contribution is 0.272. The summed E-state index contributed by atoms with van der Waals surface area (Å²) in [6.45, 7) is 4.27. The third-order valence-electron chi connectivity index (χ3n) is 5.24. The van der Waals surface area contributed by atoms with E-state index in [0.717, 1.165) is 24.1 Å². The fourth-order valence-corrected chi connectivity index (χ4v) is 4.58. The first-order chi connectivity index (χ1) is 12.5. The summed E-state index contributed by atoms with van der Waals surface area (Å²) >= 11 is 0. The lowest BCUT2D eigenvalue weighted by Crippen LogP contribution is -2.28. The molecule has 1 aliphatic rings. The van der Waals surface area contributed by atoms with Crippen molar-refractivity contribution in [1.29, 1.82) is 0 Å². The molecule has 0 aliphatic carbocycles. The van der Waals surface area contributed by atoms with Crippen LogP contribution in [-0.2, 0) is 16.3 Å². The average Bonchev–Trinajstić information content (AvgIpc) is 3.05. The molecule has 1 heterocycles. The van der Waals surface area contributed by atoms with Crippen LogP contribution in [0, 0.1) is 0 Å². The first kappa shape index (κ1) is 19.1. The maximum atomic E-state index is 12.0. The highest BCUT2D eigenvalue weighted by atomic mass is 32.2. The Morgan fingerprint density at radius 1 is 1.04 bits per heavy atom. The van der Waals surface area contributed by atoms with Gasteiger partial charge in [0.2, 0.25) is 0 Å². The first-order valence-electron chi connectivity index (χ1n) is 9.26. The van der Waals surface area contributed by atoms with Crippen LogP contribution in [0.5, 0.6) is 0 Å². The third kappa shape index (κ3) is 4.53. The molecule has 0 radical (unpaired) electrons. The molecule has 140 valence electrons. The fourth-order valence-electron chi connectivity index (χ4n) is 3.55. The van der Waals surface area contributed by atoms with E-state index in [9.17, 15) is 8.42 Å². The lowest BCUT2D eigenvalue weighted by atomic mass is 10.0. The molecule has 1 fully saturated rings. The van der Waals surface area contributed by atoms with E-state index in [4.69, 9.17) is 5.11 Å². The quantitative estimate of drug-likeness (QED) is 0.810. The zero-order chi connectivity index (χ0) is 18.6. The second-order valence-corrected chi connectivity index (χ2v) is 9.15. The monoisotopic (exact) mass is 373 g/mol. The molecular formula is C21H27NO3S. The van der Waals surface area contributed by atoms with Gasteiger partial charge in [-0.3, -0.25) is 0 Å². The van der Waals surface area contributed by atoms with Crippen LogP contribution in [0.3, 0.4) is 0 Å². The van der Waals surface area contributed by atoms with E-state index in [0.29, 0.717) is 6.04 Å². The van der Waals surface area contributed by atoms with Crippen molar-refractivity contribution in [2.24, 2.45) is 0 Å². The molecule has 1 atom stereocenters. The molecule has 3 rings (SSSR count). The lowest BCUT2D eigenvalue weighted by Gasteiger charge is -2.20. The molecule has 1 N–H and O–H groups in total. The Morgan fingerprint density at radius 3 is 2.19 bits per heavy atom. The summed E-state index contributed by atoms with van der Waals surface area (Å²) in [4.78, 5) is 2.81. The Balaban J connectivity index is 1.64. The topological polar surface area (TPSA) is 57.6 Å². The van der Waals surface area contributed by atoms with Gasteiger partial charge < -0.3 is 10.0 Å². The normalized spacial score (nSPS) is 18.3. The van der Waals surface area contributed by atoms with Crippen LogP contribution in [0.15, 0.2) is 53.4 Å². The van der Waals surface area contributed by atoms with Crippen molar-refractivity contribution in [2.45, 2.75) is 37.1 Å². The van der Waals surface area contributed by atoms with E-state index < -0.39 is 9.84 Å². The number of sulfone groups is 1. The number of rotatable bonds is 7. The molecule has 2 aromatic carbocycles. The second kappa shape index (κ2) is 8.33. The highest BCUT2D eigenvalue weighted by Gasteiger charge is 2.19. The van der Waals surface area contributed by atoms with Crippen LogP contribution < -0.4 is 0 Å². The van der Waals surface area contributed by atoms with Gasteiger partial charge in [-0.2, -0.15) is 0 Å². The number of hydrogen-bond acceptors (Lipinski definition) is 4. The van der Waals surface area contributed by atoms with Crippen LogP contribution in [0.1, 0.15) is 25.3 Å². The summed E-state index contributed by atoms with van der Waals surface area (Å²) in [5, 5.41) is 8.87. The Bertz CT molecular complexity index is 813. The summed E-state index contributed by atoms with van der Waals surface area (Å²) in [5.41, 5.74) is 3.40. The van der Waals surface area contributed by atoms with Gasteiger partial charge >= 0.3 is 0 Å². The number of nitrogens with zero attached hydrogens (tertiary/aromatic N) is 1. The van der Waals surface area contributed by atoms with Gasteiger partial charge in [-0.25, -0.2) is 8.42 Å². The Hall–Kier alpha value is -1.69. The van der Waals surface area contributed by atoms with E-state index in [2.05, 4.69) is 36.1 Å². The van der Waals surface area contributed by atoms with Gasteiger partial charge in [-0.1, -0.05) is 36.4 Å². The largest absolute Gasteiger partial charge is 0.395 e. The zero-order valence-electron chi connectivity index (χ0n) is 15.3. The van der Waals surface area contributed by atoms with E-state index in [1.165, 1.54) is 24.9 Å². The summed E-state index contributed by atoms with van der Waals surface area (Å²) in [6, 6.07) is 16.1. The molecule has 0 saturated carbocycles. The van der Waals surface area contributed by atoms with Gasteiger partial charge in [0.1, 0.15) is 0 Å². The van der Waals surface area contributed by atoms with Crippen LogP contribution in [0.2, 0.25) is 0 Å². The van der Waals surface area contributed by atoms with Gasteiger partial charge in [0, 0.05) is 12.6 Å². The minimum Gasteiger partial charge on any atom is -0.395 e. The van der Waals surface area contributed by atoms with Crippen molar-refractivity contribution < 1.29 is 13.5 Å². The van der Waals surface area contributed by atoms with Crippen molar-refractivity contribution in [3.05, 3.63) is 54.1 Å². The van der Waals surface area contributed by atoms with Crippen molar-refractivity contribution in [2.75, 3.05) is 25.4 Å². The SMILES string of the molecule is CC1CCCN1CCc1ccc(-c2ccc(S(=O)(=O)CCO)cc2)cc1. The smallest absolute Gasteiger partial charge is 0.180 e. The van der Waals surface area contributed by atoms with E-state index in [1.54, 1.807) is 12.1 Å². The zero-order valence-corrected chi connectivity index (χ0v) is 16.1. The molecule has 0 spiro atoms. The standard InChI is InChI=1S/C21H27NO3S/c1-17-3-2-13-22(17)14-12-18-4-6-19(7-5-18)20-8-10-21(11-9-20)26(24,25)16-15-23/h4-11,17,23H,2-3,12-16H2,1H3. The highest BCUT2D eigenvalue weighted by Crippen LogP contribution is 2.23. The first-order valence-corrected chi connectivity index (χ1v) is 10.9. The average molecular weight is 374 g/mol. The Morgan fingerprint density at radius 2 is 1.65 bits per heavy atom. The van der Waals surface area contributed by atoms with Crippen LogP contribution in [0.4, 0.5) is 0 Å². The van der Waals surface area contributed by atoms with Gasteiger partial charge in [0.05, 0.1) is 17.3 Å². The number of benzene rings is 2. The number of hydrogen-bond donors (Lipinski definition) is 1. The van der Waals surface area contributed by atoms with Crippen molar-refractivity contribution in [3.8, 4) is 11.1 Å². The molecule has 26 heavy (non-hydrogen) atoms. The fraction of sp³-hybridized carbons (Fsp3) is 0.429. The number of aliphatic hydroxyl groups is 1. The maximum absolute atomic E-state index is 12.0. The van der Waals surface area contributed by atoms with Gasteiger partial charge in [0.15, 0.2) is 9.84 Å². The Labute approximate surface area is 156 Å². The molecule has 0 aromatic heterocycles. The predicted molar refractivity (Wildman–Crippen MR) is 105 cm³/mol. The Kier molecular flexibility index (Phi) is 6.12. The van der Waals surface area contributed by atoms with Crippen molar-refractivity contribution >= 4 is 9.84 Å². The molecule has 1 saturated heterocycles. The maximum Gasteiger partial charge on any atom is 0.180 e. The third-order valence-corrected chi connectivity index (χ3v) is 6.95. The highest BCUT2D eigenvalue weighted by molar-refractivity contribution is 7.91. The van der Waals surface area contributed by atoms with Gasteiger partial charge in [0.25, 0.3) is 0 Å². The minimum atomic E-state index is -3.39. The molecule has 2 aromatic rings. The van der Waals surface area contributed by atoms with E-state index >= 15 is 0 Å². The van der Waals surface area contributed by atoms with Gasteiger partial charge in [-0.15, -0.1) is 0 Å². The minimum absolute atomic E-state index is 0.239. The molecule has 4 nitrogen and oxygen atoms in total. The summed E-state index contributed by atoms with van der Waals surface area (Å²) in [6.07, 6.45) is 3.68. The predicted octanol–water partition coefficient (Wildman–Crippen LogP) is 3.15. The molecule has 1 unspecified atom stereocenters. The van der Waals surface area contributed by atoms with Crippen LogP contribution in [0.25, 0.3) is 11.1 Å². The number of aliphatic hydroxyl groups excluding tert-OH is 1. The molecule has 1 aliphatic heterocycles. The molecule has 0 bridgehead atoms. The molecular weight excluding hydrogens is 346 g/mol. The summed E-state index contributed by atoms with van der Waals surface area (Å²) < 4.78 is 23.9. The molecule has 0 amide bonds. The van der Waals surface area contributed by atoms with E-state index in [-0.39, 0.29) is 17.3 Å². The van der Waals surface area contributed by atoms with Crippen LogP contribution in [-0.4, -0.2) is 49.9 Å². The number of likely N-dealkylation sites (tertiary alicyclic amines) is 1. The molecule has 5 heteroatoms. The van der Waals surface area contributed by atoms with E-state index in [1.807, 2.05) is 12.1 Å². The summed E-state index contributed by atoms with van der Waals surface area (Å²) in [7, 11) is -3.39. The second-order valence-electron chi connectivity index (χ2n) is 7.04. The van der Waals surface area contributed by atoms with Crippen LogP contribution >= 0.6 is 0 Å². The van der Waals surface area contributed by atoms with Crippen molar-refractivity contribution in [3.63, 3.8) is 0 Å². The van der Waals surface area contributed by atoms with Crippen molar-refractivity contribution in [1.82, 2.24) is 4.90 Å².